The standard InChI is InChI=1S/C19H23F2NO4S/c1-5-25-18-10-8-15(12-19(18)26-6-2)27(23,24)22(4)13(3)14-7-9-16(20)17(21)11-14/h7-13H,5-6H2,1-4H3. The zero-order valence-electron chi connectivity index (χ0n) is 15.7. The lowest BCUT2D eigenvalue weighted by Gasteiger charge is -2.25. The summed E-state index contributed by atoms with van der Waals surface area (Å²) in [5.74, 6) is -1.22. The van der Waals surface area contributed by atoms with E-state index in [0.29, 0.717) is 30.3 Å². The first-order valence-corrected chi connectivity index (χ1v) is 9.99. The molecule has 2 aromatic carbocycles. The molecule has 0 aliphatic rings. The highest BCUT2D eigenvalue weighted by atomic mass is 32.2. The second-order valence-electron chi connectivity index (χ2n) is 5.85. The van der Waals surface area contributed by atoms with E-state index in [1.54, 1.807) is 13.8 Å². The first-order chi connectivity index (χ1) is 12.7. The van der Waals surface area contributed by atoms with Crippen molar-refractivity contribution in [3.05, 3.63) is 53.6 Å². The van der Waals surface area contributed by atoms with Gasteiger partial charge in [0.05, 0.1) is 18.1 Å². The Hall–Kier alpha value is -2.19. The molecule has 5 nitrogen and oxygen atoms in total. The third kappa shape index (κ3) is 4.56. The van der Waals surface area contributed by atoms with Gasteiger partial charge in [0, 0.05) is 19.2 Å². The molecule has 0 N–H and O–H groups in total. The number of rotatable bonds is 8. The lowest BCUT2D eigenvalue weighted by Crippen LogP contribution is -2.30. The van der Waals surface area contributed by atoms with Crippen molar-refractivity contribution in [1.29, 1.82) is 0 Å². The molecule has 8 heteroatoms. The smallest absolute Gasteiger partial charge is 0.243 e. The van der Waals surface area contributed by atoms with Crippen molar-refractivity contribution in [3.63, 3.8) is 0 Å². The molecule has 1 atom stereocenters. The number of ether oxygens (including phenoxy) is 2. The molecule has 0 radical (unpaired) electrons. The molecular formula is C19H23F2NO4S. The van der Waals surface area contributed by atoms with E-state index < -0.39 is 27.7 Å². The fourth-order valence-corrected chi connectivity index (χ4v) is 3.92. The molecule has 0 amide bonds. The van der Waals surface area contributed by atoms with Crippen LogP contribution in [0.3, 0.4) is 0 Å². The zero-order chi connectivity index (χ0) is 20.2. The third-order valence-electron chi connectivity index (χ3n) is 4.16. The van der Waals surface area contributed by atoms with Crippen LogP contribution in [-0.4, -0.2) is 33.0 Å². The molecular weight excluding hydrogens is 376 g/mol. The number of halogens is 2. The maximum absolute atomic E-state index is 13.5. The zero-order valence-corrected chi connectivity index (χ0v) is 16.5. The van der Waals surface area contributed by atoms with Gasteiger partial charge in [0.15, 0.2) is 23.1 Å². The van der Waals surface area contributed by atoms with Gasteiger partial charge in [-0.2, -0.15) is 4.31 Å². The van der Waals surface area contributed by atoms with Crippen molar-refractivity contribution in [2.75, 3.05) is 20.3 Å². The number of hydrogen-bond donors (Lipinski definition) is 0. The Bertz CT molecular complexity index is 903. The average Bonchev–Trinajstić information content (AvgIpc) is 2.64. The molecule has 1 unspecified atom stereocenters. The van der Waals surface area contributed by atoms with E-state index in [1.165, 1.54) is 31.3 Å². The van der Waals surface area contributed by atoms with Gasteiger partial charge in [-0.1, -0.05) is 6.07 Å². The Balaban J connectivity index is 2.38. The second-order valence-corrected chi connectivity index (χ2v) is 7.84. The summed E-state index contributed by atoms with van der Waals surface area (Å²) < 4.78 is 64.7. The highest BCUT2D eigenvalue weighted by Crippen LogP contribution is 2.33. The topological polar surface area (TPSA) is 55.8 Å². The van der Waals surface area contributed by atoms with Gasteiger partial charge in [-0.15, -0.1) is 0 Å². The molecule has 0 heterocycles. The second kappa shape index (κ2) is 8.67. The molecule has 0 aromatic heterocycles. The highest BCUT2D eigenvalue weighted by Gasteiger charge is 2.28. The van der Waals surface area contributed by atoms with Crippen molar-refractivity contribution < 1.29 is 26.7 Å². The number of nitrogens with zero attached hydrogens (tertiary/aromatic N) is 1. The van der Waals surface area contributed by atoms with Crippen molar-refractivity contribution in [2.24, 2.45) is 0 Å². The summed E-state index contributed by atoms with van der Waals surface area (Å²) >= 11 is 0. The fourth-order valence-electron chi connectivity index (χ4n) is 2.55. The third-order valence-corrected chi connectivity index (χ3v) is 6.09. The Kier molecular flexibility index (Phi) is 6.78. The van der Waals surface area contributed by atoms with Crippen molar-refractivity contribution >= 4 is 10.0 Å². The first-order valence-electron chi connectivity index (χ1n) is 8.55. The SMILES string of the molecule is CCOc1ccc(S(=O)(=O)N(C)C(C)c2ccc(F)c(F)c2)cc1OCC. The van der Waals surface area contributed by atoms with Crippen LogP contribution in [0.4, 0.5) is 8.78 Å². The van der Waals surface area contributed by atoms with Crippen LogP contribution >= 0.6 is 0 Å². The van der Waals surface area contributed by atoms with Crippen LogP contribution in [0.2, 0.25) is 0 Å². The molecule has 2 rings (SSSR count). The van der Waals surface area contributed by atoms with E-state index >= 15 is 0 Å². The summed E-state index contributed by atoms with van der Waals surface area (Å²) in [6.45, 7) is 5.97. The van der Waals surface area contributed by atoms with Gasteiger partial charge < -0.3 is 9.47 Å². The first kappa shape index (κ1) is 21.1. The monoisotopic (exact) mass is 399 g/mol. The molecule has 0 saturated carbocycles. The van der Waals surface area contributed by atoms with E-state index in [0.717, 1.165) is 16.4 Å². The summed E-state index contributed by atoms with van der Waals surface area (Å²) in [4.78, 5) is 0.0198. The van der Waals surface area contributed by atoms with E-state index in [2.05, 4.69) is 0 Å². The minimum atomic E-state index is -3.90. The Morgan fingerprint density at radius 2 is 1.59 bits per heavy atom. The van der Waals surface area contributed by atoms with Gasteiger partial charge in [-0.25, -0.2) is 17.2 Å². The van der Waals surface area contributed by atoms with Crippen molar-refractivity contribution in [2.45, 2.75) is 31.7 Å². The number of sulfonamides is 1. The summed E-state index contributed by atoms with van der Waals surface area (Å²) in [5.41, 5.74) is 0.343. The summed E-state index contributed by atoms with van der Waals surface area (Å²) in [6.07, 6.45) is 0. The Labute approximate surface area is 158 Å². The van der Waals surface area contributed by atoms with Crippen LogP contribution in [0.25, 0.3) is 0 Å². The fraction of sp³-hybridized carbons (Fsp3) is 0.368. The van der Waals surface area contributed by atoms with Gasteiger partial charge >= 0.3 is 0 Å². The van der Waals surface area contributed by atoms with Crippen LogP contribution in [0.15, 0.2) is 41.3 Å². The maximum atomic E-state index is 13.5. The van der Waals surface area contributed by atoms with Gasteiger partial charge in [0.1, 0.15) is 0 Å². The summed E-state index contributed by atoms with van der Waals surface area (Å²) in [6, 6.07) is 7.00. The largest absolute Gasteiger partial charge is 0.490 e. The van der Waals surface area contributed by atoms with Crippen LogP contribution in [0.1, 0.15) is 32.4 Å². The minimum Gasteiger partial charge on any atom is -0.490 e. The van der Waals surface area contributed by atoms with Crippen LogP contribution < -0.4 is 9.47 Å². The van der Waals surface area contributed by atoms with Gasteiger partial charge in [-0.3, -0.25) is 0 Å². The molecule has 0 aliphatic heterocycles. The molecule has 27 heavy (non-hydrogen) atoms. The van der Waals surface area contributed by atoms with Gasteiger partial charge in [0.2, 0.25) is 10.0 Å². The molecule has 0 saturated heterocycles. The molecule has 0 fully saturated rings. The predicted molar refractivity (Wildman–Crippen MR) is 98.5 cm³/mol. The lowest BCUT2D eigenvalue weighted by molar-refractivity contribution is 0.287. The van der Waals surface area contributed by atoms with Crippen molar-refractivity contribution in [1.82, 2.24) is 4.31 Å². The Morgan fingerprint density at radius 3 is 2.19 bits per heavy atom. The van der Waals surface area contributed by atoms with Crippen LogP contribution in [-0.2, 0) is 10.0 Å². The van der Waals surface area contributed by atoms with E-state index in [-0.39, 0.29) is 4.90 Å². The minimum absolute atomic E-state index is 0.0198. The predicted octanol–water partition coefficient (Wildman–Crippen LogP) is 4.14. The lowest BCUT2D eigenvalue weighted by atomic mass is 10.1. The normalized spacial score (nSPS) is 12.9. The van der Waals surface area contributed by atoms with Gasteiger partial charge in [0.25, 0.3) is 0 Å². The van der Waals surface area contributed by atoms with Gasteiger partial charge in [-0.05, 0) is 50.6 Å². The van der Waals surface area contributed by atoms with Crippen LogP contribution in [0, 0.1) is 11.6 Å². The van der Waals surface area contributed by atoms with E-state index in [9.17, 15) is 17.2 Å². The molecule has 0 bridgehead atoms. The van der Waals surface area contributed by atoms with E-state index in [4.69, 9.17) is 9.47 Å². The van der Waals surface area contributed by atoms with E-state index in [1.807, 2.05) is 6.92 Å². The highest BCUT2D eigenvalue weighted by molar-refractivity contribution is 7.89. The average molecular weight is 399 g/mol. The summed E-state index contributed by atoms with van der Waals surface area (Å²) in [5, 5.41) is 0. The Morgan fingerprint density at radius 1 is 0.963 bits per heavy atom. The molecule has 2 aromatic rings. The maximum Gasteiger partial charge on any atom is 0.243 e. The molecule has 0 aliphatic carbocycles. The number of benzene rings is 2. The van der Waals surface area contributed by atoms with Crippen molar-refractivity contribution in [3.8, 4) is 11.5 Å². The van der Waals surface area contributed by atoms with Crippen LogP contribution in [0.5, 0.6) is 11.5 Å². The number of hydrogen-bond acceptors (Lipinski definition) is 4. The molecule has 0 spiro atoms. The quantitative estimate of drug-likeness (QED) is 0.669. The molecule has 148 valence electrons. The summed E-state index contributed by atoms with van der Waals surface area (Å²) in [7, 11) is -2.51.